The van der Waals surface area contributed by atoms with Gasteiger partial charge in [-0.2, -0.15) is 0 Å². The number of benzene rings is 2. The van der Waals surface area contributed by atoms with E-state index in [9.17, 15) is 0 Å². The molecule has 0 bridgehead atoms. The zero-order valence-electron chi connectivity index (χ0n) is 7.98. The first-order chi connectivity index (χ1) is 7.61. The third-order valence-corrected chi connectivity index (χ3v) is 3.64. The standard InChI is InChI=1S/C12H6Cl4/c13-8-4-2-1-3-7(8)11-9(14)5-6-10(15)12(11)16/h1-6H. The second-order valence-corrected chi connectivity index (χ2v) is 4.80. The first kappa shape index (κ1) is 12.1. The Morgan fingerprint density at radius 1 is 0.625 bits per heavy atom. The fourth-order valence-corrected chi connectivity index (χ4v) is 2.40. The molecule has 0 atom stereocenters. The summed E-state index contributed by atoms with van der Waals surface area (Å²) in [6.45, 7) is 0. The molecule has 0 spiro atoms. The van der Waals surface area contributed by atoms with Crippen LogP contribution in [0.25, 0.3) is 11.1 Å². The van der Waals surface area contributed by atoms with Crippen molar-refractivity contribution in [2.45, 2.75) is 0 Å². The van der Waals surface area contributed by atoms with Gasteiger partial charge in [0.1, 0.15) is 0 Å². The van der Waals surface area contributed by atoms with Crippen molar-refractivity contribution in [3.8, 4) is 11.1 Å². The van der Waals surface area contributed by atoms with Crippen molar-refractivity contribution in [1.82, 2.24) is 0 Å². The normalized spacial score (nSPS) is 10.5. The van der Waals surface area contributed by atoms with Crippen LogP contribution in [-0.4, -0.2) is 0 Å². The second-order valence-electron chi connectivity index (χ2n) is 3.20. The molecule has 0 N–H and O–H groups in total. The van der Waals surface area contributed by atoms with E-state index in [2.05, 4.69) is 0 Å². The molecule has 82 valence electrons. The fourth-order valence-electron chi connectivity index (χ4n) is 1.44. The van der Waals surface area contributed by atoms with Gasteiger partial charge in [-0.25, -0.2) is 0 Å². The van der Waals surface area contributed by atoms with Crippen LogP contribution >= 0.6 is 46.4 Å². The molecule has 0 aliphatic carbocycles. The van der Waals surface area contributed by atoms with Gasteiger partial charge >= 0.3 is 0 Å². The summed E-state index contributed by atoms with van der Waals surface area (Å²) in [5.74, 6) is 0. The second kappa shape index (κ2) is 4.85. The molecule has 0 unspecified atom stereocenters. The highest BCUT2D eigenvalue weighted by Crippen LogP contribution is 2.41. The summed E-state index contributed by atoms with van der Waals surface area (Å²) >= 11 is 24.3. The third-order valence-electron chi connectivity index (χ3n) is 2.19. The Balaban J connectivity index is 2.74. The van der Waals surface area contributed by atoms with Crippen LogP contribution in [0.5, 0.6) is 0 Å². The predicted molar refractivity (Wildman–Crippen MR) is 71.9 cm³/mol. The molecule has 0 heterocycles. The van der Waals surface area contributed by atoms with E-state index in [-0.39, 0.29) is 0 Å². The molecule has 0 radical (unpaired) electrons. The molecule has 2 aromatic rings. The van der Waals surface area contributed by atoms with Gasteiger partial charge in [0.05, 0.1) is 15.1 Å². The molecule has 2 aromatic carbocycles. The van der Waals surface area contributed by atoms with Gasteiger partial charge in [0, 0.05) is 16.1 Å². The summed E-state index contributed by atoms with van der Waals surface area (Å²) in [6, 6.07) is 10.7. The van der Waals surface area contributed by atoms with Gasteiger partial charge in [-0.05, 0) is 18.2 Å². The van der Waals surface area contributed by atoms with E-state index in [1.807, 2.05) is 18.2 Å². The Morgan fingerprint density at radius 3 is 1.94 bits per heavy atom. The summed E-state index contributed by atoms with van der Waals surface area (Å²) in [5, 5.41) is 2.00. The van der Waals surface area contributed by atoms with E-state index in [1.54, 1.807) is 18.2 Å². The summed E-state index contributed by atoms with van der Waals surface area (Å²) in [4.78, 5) is 0. The molecule has 0 aromatic heterocycles. The zero-order valence-corrected chi connectivity index (χ0v) is 11.0. The summed E-state index contributed by atoms with van der Waals surface area (Å²) in [7, 11) is 0. The van der Waals surface area contributed by atoms with E-state index in [4.69, 9.17) is 46.4 Å². The van der Waals surface area contributed by atoms with E-state index in [0.29, 0.717) is 25.7 Å². The highest BCUT2D eigenvalue weighted by molar-refractivity contribution is 6.46. The molecule has 0 saturated heterocycles. The van der Waals surface area contributed by atoms with Gasteiger partial charge in [-0.3, -0.25) is 0 Å². The number of rotatable bonds is 1. The Morgan fingerprint density at radius 2 is 1.25 bits per heavy atom. The van der Waals surface area contributed by atoms with Crippen molar-refractivity contribution in [2.24, 2.45) is 0 Å². The molecule has 0 aliphatic rings. The molecule has 0 amide bonds. The van der Waals surface area contributed by atoms with Crippen LogP contribution in [0.15, 0.2) is 36.4 Å². The minimum absolute atomic E-state index is 0.419. The minimum atomic E-state index is 0.419. The third kappa shape index (κ3) is 2.16. The Labute approximate surface area is 114 Å². The molecule has 0 saturated carbocycles. The van der Waals surface area contributed by atoms with Crippen molar-refractivity contribution in [3.63, 3.8) is 0 Å². The summed E-state index contributed by atoms with van der Waals surface area (Å²) < 4.78 is 0. The van der Waals surface area contributed by atoms with Crippen LogP contribution in [0, 0.1) is 0 Å². The molecule has 4 heteroatoms. The lowest BCUT2D eigenvalue weighted by atomic mass is 10.1. The van der Waals surface area contributed by atoms with Crippen molar-refractivity contribution >= 4 is 46.4 Å². The minimum Gasteiger partial charge on any atom is -0.0837 e. The van der Waals surface area contributed by atoms with Gasteiger partial charge in [-0.15, -0.1) is 0 Å². The number of hydrogen-bond donors (Lipinski definition) is 0. The molecule has 0 fully saturated rings. The topological polar surface area (TPSA) is 0 Å². The van der Waals surface area contributed by atoms with Crippen LogP contribution in [0.1, 0.15) is 0 Å². The van der Waals surface area contributed by atoms with Gasteiger partial charge in [-0.1, -0.05) is 64.6 Å². The molecular weight excluding hydrogens is 286 g/mol. The van der Waals surface area contributed by atoms with Gasteiger partial charge in [0.15, 0.2) is 0 Å². The van der Waals surface area contributed by atoms with Crippen molar-refractivity contribution in [1.29, 1.82) is 0 Å². The largest absolute Gasteiger partial charge is 0.0837 e. The van der Waals surface area contributed by atoms with Gasteiger partial charge < -0.3 is 0 Å². The predicted octanol–water partition coefficient (Wildman–Crippen LogP) is 5.97. The van der Waals surface area contributed by atoms with Crippen LogP contribution in [0.3, 0.4) is 0 Å². The number of hydrogen-bond acceptors (Lipinski definition) is 0. The highest BCUT2D eigenvalue weighted by atomic mass is 35.5. The maximum atomic E-state index is 6.13. The highest BCUT2D eigenvalue weighted by Gasteiger charge is 2.13. The quantitative estimate of drug-likeness (QED) is 0.568. The molecule has 0 nitrogen and oxygen atoms in total. The lowest BCUT2D eigenvalue weighted by Crippen LogP contribution is -1.84. The van der Waals surface area contributed by atoms with E-state index >= 15 is 0 Å². The van der Waals surface area contributed by atoms with E-state index < -0.39 is 0 Å². The van der Waals surface area contributed by atoms with Crippen molar-refractivity contribution in [3.05, 3.63) is 56.5 Å². The van der Waals surface area contributed by atoms with Crippen molar-refractivity contribution in [2.75, 3.05) is 0 Å². The Hall–Kier alpha value is -0.400. The Bertz CT molecular complexity index is 535. The molecular formula is C12H6Cl4. The smallest absolute Gasteiger partial charge is 0.0686 e. The summed E-state index contributed by atoms with van der Waals surface area (Å²) in [6.07, 6.45) is 0. The maximum absolute atomic E-state index is 6.13. The first-order valence-corrected chi connectivity index (χ1v) is 6.01. The van der Waals surface area contributed by atoms with Crippen LogP contribution in [0.4, 0.5) is 0 Å². The van der Waals surface area contributed by atoms with Gasteiger partial charge in [0.2, 0.25) is 0 Å². The van der Waals surface area contributed by atoms with Crippen LogP contribution in [-0.2, 0) is 0 Å². The molecule has 0 aliphatic heterocycles. The van der Waals surface area contributed by atoms with E-state index in [0.717, 1.165) is 5.56 Å². The lowest BCUT2D eigenvalue weighted by Gasteiger charge is -2.10. The van der Waals surface area contributed by atoms with Crippen LogP contribution < -0.4 is 0 Å². The average Bonchev–Trinajstić information content (AvgIpc) is 2.27. The monoisotopic (exact) mass is 290 g/mol. The Kier molecular flexibility index (Phi) is 3.66. The van der Waals surface area contributed by atoms with E-state index in [1.165, 1.54) is 0 Å². The molecule has 16 heavy (non-hydrogen) atoms. The summed E-state index contributed by atoms with van der Waals surface area (Å²) in [5.41, 5.74) is 1.45. The lowest BCUT2D eigenvalue weighted by molar-refractivity contribution is 1.61. The average molecular weight is 292 g/mol. The van der Waals surface area contributed by atoms with Crippen molar-refractivity contribution < 1.29 is 0 Å². The molecule has 2 rings (SSSR count). The SMILES string of the molecule is Clc1ccccc1-c1c(Cl)ccc(Cl)c1Cl. The fraction of sp³-hybridized carbons (Fsp3) is 0. The number of halogens is 4. The maximum Gasteiger partial charge on any atom is 0.0686 e. The zero-order chi connectivity index (χ0) is 11.7. The van der Waals surface area contributed by atoms with Gasteiger partial charge in [0.25, 0.3) is 0 Å². The van der Waals surface area contributed by atoms with Crippen LogP contribution in [0.2, 0.25) is 20.1 Å². The first-order valence-electron chi connectivity index (χ1n) is 4.49.